The van der Waals surface area contributed by atoms with Crippen molar-refractivity contribution in [3.05, 3.63) is 70.7 Å². The summed E-state index contributed by atoms with van der Waals surface area (Å²) in [6, 6.07) is 18.4. The second kappa shape index (κ2) is 6.26. The Morgan fingerprint density at radius 1 is 0.941 bits per heavy atom. The second-order valence-electron chi connectivity index (χ2n) is 3.67. The summed E-state index contributed by atoms with van der Waals surface area (Å²) in [5.41, 5.74) is 2.34. The summed E-state index contributed by atoms with van der Waals surface area (Å²) < 4.78 is 1.09. The molecule has 17 heavy (non-hydrogen) atoms. The van der Waals surface area contributed by atoms with Gasteiger partial charge in [0, 0.05) is 16.7 Å². The van der Waals surface area contributed by atoms with Crippen molar-refractivity contribution in [3.63, 3.8) is 0 Å². The highest BCUT2D eigenvalue weighted by Crippen LogP contribution is 2.20. The average Bonchev–Trinajstić information content (AvgIpc) is 2.38. The topological polar surface area (TPSA) is 12.0 Å². The van der Waals surface area contributed by atoms with Crippen molar-refractivity contribution in [2.45, 2.75) is 0 Å². The van der Waals surface area contributed by atoms with Crippen molar-refractivity contribution in [1.82, 2.24) is 0 Å². The van der Waals surface area contributed by atoms with Crippen molar-refractivity contribution in [3.8, 4) is 0 Å². The van der Waals surface area contributed by atoms with Crippen molar-refractivity contribution < 1.29 is 0 Å². The van der Waals surface area contributed by atoms with Crippen LogP contribution in [0.5, 0.6) is 0 Å². The molecule has 2 heteroatoms. The smallest absolute Gasteiger partial charge is 0.0487 e. The van der Waals surface area contributed by atoms with Gasteiger partial charge in [0.05, 0.1) is 0 Å². The number of halogens is 1. The summed E-state index contributed by atoms with van der Waals surface area (Å²) in [5, 5.41) is 3.35. The lowest BCUT2D eigenvalue weighted by molar-refractivity contribution is 1.33. The summed E-state index contributed by atoms with van der Waals surface area (Å²) in [7, 11) is 0. The van der Waals surface area contributed by atoms with E-state index < -0.39 is 0 Å². The largest absolute Gasteiger partial charge is 0.381 e. The Morgan fingerprint density at radius 2 is 1.65 bits per heavy atom. The van der Waals surface area contributed by atoms with Crippen LogP contribution < -0.4 is 5.32 Å². The molecule has 0 saturated carbocycles. The maximum atomic E-state index is 3.51. The molecule has 0 saturated heterocycles. The molecule has 0 fully saturated rings. The summed E-state index contributed by atoms with van der Waals surface area (Å²) in [5.74, 6) is 0. The van der Waals surface area contributed by atoms with E-state index in [-0.39, 0.29) is 0 Å². The molecule has 0 spiro atoms. The second-order valence-corrected chi connectivity index (χ2v) is 4.53. The lowest BCUT2D eigenvalue weighted by Gasteiger charge is -2.04. The maximum absolute atomic E-state index is 3.51. The Kier molecular flexibility index (Phi) is 4.39. The van der Waals surface area contributed by atoms with Crippen LogP contribution in [0.15, 0.2) is 65.1 Å². The Balaban J connectivity index is 1.88. The fourth-order valence-electron chi connectivity index (χ4n) is 1.53. The van der Waals surface area contributed by atoms with Gasteiger partial charge in [-0.15, -0.1) is 0 Å². The van der Waals surface area contributed by atoms with E-state index in [1.54, 1.807) is 0 Å². The van der Waals surface area contributed by atoms with Crippen molar-refractivity contribution in [1.29, 1.82) is 0 Å². The molecule has 0 atom stereocenters. The first kappa shape index (κ1) is 11.9. The summed E-state index contributed by atoms with van der Waals surface area (Å²) in [6.07, 6.45) is 4.23. The fourth-order valence-corrected chi connectivity index (χ4v) is 1.96. The Labute approximate surface area is 110 Å². The molecule has 0 bridgehead atoms. The third-order valence-corrected chi connectivity index (χ3v) is 3.09. The molecule has 0 aliphatic rings. The fraction of sp³-hybridized carbons (Fsp3) is 0.0667. The van der Waals surface area contributed by atoms with Gasteiger partial charge in [0.15, 0.2) is 0 Å². The Bertz CT molecular complexity index is 491. The van der Waals surface area contributed by atoms with Gasteiger partial charge in [-0.2, -0.15) is 0 Å². The minimum Gasteiger partial charge on any atom is -0.381 e. The normalized spacial score (nSPS) is 10.6. The van der Waals surface area contributed by atoms with E-state index in [4.69, 9.17) is 0 Å². The Morgan fingerprint density at radius 3 is 2.41 bits per heavy atom. The first-order valence-corrected chi connectivity index (χ1v) is 6.35. The van der Waals surface area contributed by atoms with Crippen LogP contribution >= 0.6 is 15.9 Å². The average molecular weight is 288 g/mol. The zero-order valence-corrected chi connectivity index (χ0v) is 11.0. The van der Waals surface area contributed by atoms with E-state index in [1.165, 1.54) is 5.56 Å². The molecule has 0 unspecified atom stereocenters. The van der Waals surface area contributed by atoms with Gasteiger partial charge >= 0.3 is 0 Å². The molecule has 1 nitrogen and oxygen atoms in total. The monoisotopic (exact) mass is 287 g/mol. The molecule has 0 amide bonds. The number of nitrogens with one attached hydrogen (secondary N) is 1. The molecule has 2 rings (SSSR count). The van der Waals surface area contributed by atoms with E-state index in [2.05, 4.69) is 51.6 Å². The molecule has 1 N–H and O–H groups in total. The van der Waals surface area contributed by atoms with Gasteiger partial charge in [-0.25, -0.2) is 0 Å². The predicted molar refractivity (Wildman–Crippen MR) is 78.1 cm³/mol. The van der Waals surface area contributed by atoms with Gasteiger partial charge in [0.1, 0.15) is 0 Å². The third-order valence-electron chi connectivity index (χ3n) is 2.39. The van der Waals surface area contributed by atoms with Crippen LogP contribution in [0.25, 0.3) is 6.08 Å². The number of benzene rings is 2. The van der Waals surface area contributed by atoms with Gasteiger partial charge < -0.3 is 5.32 Å². The van der Waals surface area contributed by atoms with Crippen LogP contribution in [0, 0.1) is 0 Å². The van der Waals surface area contributed by atoms with Crippen LogP contribution in [0.2, 0.25) is 0 Å². The molecule has 86 valence electrons. The van der Waals surface area contributed by atoms with E-state index in [1.807, 2.05) is 36.4 Å². The van der Waals surface area contributed by atoms with Gasteiger partial charge in [-0.05, 0) is 33.6 Å². The highest BCUT2D eigenvalue weighted by molar-refractivity contribution is 9.10. The predicted octanol–water partition coefficient (Wildman–Crippen LogP) is 4.57. The number of para-hydroxylation sites is 1. The third kappa shape index (κ3) is 3.75. The molecular formula is C15H14BrN. The van der Waals surface area contributed by atoms with E-state index in [0.717, 1.165) is 16.7 Å². The molecule has 2 aromatic carbocycles. The molecule has 0 aliphatic carbocycles. The molecule has 0 heterocycles. The summed E-state index contributed by atoms with van der Waals surface area (Å²) >= 11 is 3.51. The number of rotatable bonds is 4. The summed E-state index contributed by atoms with van der Waals surface area (Å²) in [6.45, 7) is 0.817. The SMILES string of the molecule is Brc1ccccc1NCC=Cc1ccccc1. The minimum absolute atomic E-state index is 0.817. The standard InChI is InChI=1S/C15H14BrN/c16-14-10-4-5-11-15(14)17-12-6-9-13-7-2-1-3-8-13/h1-11,17H,12H2. The van der Waals surface area contributed by atoms with Crippen LogP contribution in [-0.4, -0.2) is 6.54 Å². The van der Waals surface area contributed by atoms with Crippen LogP contribution in [0.3, 0.4) is 0 Å². The van der Waals surface area contributed by atoms with Gasteiger partial charge in [-0.1, -0.05) is 54.6 Å². The van der Waals surface area contributed by atoms with Gasteiger partial charge in [0.25, 0.3) is 0 Å². The highest BCUT2D eigenvalue weighted by atomic mass is 79.9. The first-order valence-electron chi connectivity index (χ1n) is 5.56. The highest BCUT2D eigenvalue weighted by Gasteiger charge is 1.94. The molecular weight excluding hydrogens is 274 g/mol. The lowest BCUT2D eigenvalue weighted by Crippen LogP contribution is -1.98. The zero-order chi connectivity index (χ0) is 11.9. The van der Waals surface area contributed by atoms with Crippen molar-refractivity contribution >= 4 is 27.7 Å². The van der Waals surface area contributed by atoms with Crippen LogP contribution in [-0.2, 0) is 0 Å². The first-order chi connectivity index (χ1) is 8.36. The van der Waals surface area contributed by atoms with Gasteiger partial charge in [-0.3, -0.25) is 0 Å². The molecule has 0 radical (unpaired) electrons. The van der Waals surface area contributed by atoms with Crippen molar-refractivity contribution in [2.24, 2.45) is 0 Å². The minimum atomic E-state index is 0.817. The number of hydrogen-bond donors (Lipinski definition) is 1. The number of anilines is 1. The van der Waals surface area contributed by atoms with E-state index >= 15 is 0 Å². The Hall–Kier alpha value is -1.54. The van der Waals surface area contributed by atoms with Crippen LogP contribution in [0.4, 0.5) is 5.69 Å². The molecule has 0 aliphatic heterocycles. The van der Waals surface area contributed by atoms with Gasteiger partial charge in [0.2, 0.25) is 0 Å². The van der Waals surface area contributed by atoms with E-state index in [9.17, 15) is 0 Å². The lowest BCUT2D eigenvalue weighted by atomic mass is 10.2. The number of hydrogen-bond acceptors (Lipinski definition) is 1. The van der Waals surface area contributed by atoms with E-state index in [0.29, 0.717) is 0 Å². The molecule has 0 aromatic heterocycles. The summed E-state index contributed by atoms with van der Waals surface area (Å²) in [4.78, 5) is 0. The van der Waals surface area contributed by atoms with Crippen LogP contribution in [0.1, 0.15) is 5.56 Å². The zero-order valence-electron chi connectivity index (χ0n) is 9.44. The maximum Gasteiger partial charge on any atom is 0.0487 e. The molecule has 2 aromatic rings. The van der Waals surface area contributed by atoms with Crippen molar-refractivity contribution in [2.75, 3.05) is 11.9 Å². The quantitative estimate of drug-likeness (QED) is 0.868.